The highest BCUT2D eigenvalue weighted by molar-refractivity contribution is 6.20. The highest BCUT2D eigenvalue weighted by Gasteiger charge is 2.20. The number of hydrogen-bond donors (Lipinski definition) is 0. The van der Waals surface area contributed by atoms with Gasteiger partial charge in [0.2, 0.25) is 0 Å². The van der Waals surface area contributed by atoms with Crippen molar-refractivity contribution in [1.29, 1.82) is 0 Å². The van der Waals surface area contributed by atoms with Crippen molar-refractivity contribution >= 4 is 22.5 Å². The highest BCUT2D eigenvalue weighted by Crippen LogP contribution is 2.20. The van der Waals surface area contributed by atoms with Gasteiger partial charge in [-0.15, -0.1) is 11.6 Å². The van der Waals surface area contributed by atoms with Crippen molar-refractivity contribution in [2.45, 2.75) is 31.6 Å². The van der Waals surface area contributed by atoms with Gasteiger partial charge in [0.05, 0.1) is 16.3 Å². The Hall–Kier alpha value is -1.55. The lowest BCUT2D eigenvalue weighted by Crippen LogP contribution is -2.47. The largest absolute Gasteiger partial charge is 0.308 e. The van der Waals surface area contributed by atoms with Crippen LogP contribution >= 0.6 is 11.6 Å². The van der Waals surface area contributed by atoms with Gasteiger partial charge in [-0.05, 0) is 38.3 Å². The number of aromatic nitrogens is 2. The SMILES string of the molecule is CC(Cl)c1nc2ccccc2c(=O)n1N1CCCCC1. The summed E-state index contributed by atoms with van der Waals surface area (Å²) in [6.07, 6.45) is 3.43. The van der Waals surface area contributed by atoms with Crippen LogP contribution in [0.25, 0.3) is 10.9 Å². The van der Waals surface area contributed by atoms with E-state index >= 15 is 0 Å². The van der Waals surface area contributed by atoms with Crippen molar-refractivity contribution in [3.63, 3.8) is 0 Å². The third-order valence-corrected chi connectivity index (χ3v) is 3.95. The number of rotatable bonds is 2. The average Bonchev–Trinajstić information content (AvgIpc) is 2.48. The zero-order valence-corrected chi connectivity index (χ0v) is 12.3. The van der Waals surface area contributed by atoms with E-state index < -0.39 is 0 Å². The molecule has 1 unspecified atom stereocenters. The first-order chi connectivity index (χ1) is 9.68. The molecule has 2 aromatic rings. The Morgan fingerprint density at radius 3 is 2.60 bits per heavy atom. The Labute approximate surface area is 123 Å². The van der Waals surface area contributed by atoms with Crippen molar-refractivity contribution in [2.24, 2.45) is 0 Å². The molecule has 0 N–H and O–H groups in total. The van der Waals surface area contributed by atoms with Crippen LogP contribution in [0.15, 0.2) is 29.1 Å². The molecule has 0 spiro atoms. The van der Waals surface area contributed by atoms with E-state index in [0.29, 0.717) is 16.7 Å². The van der Waals surface area contributed by atoms with Gasteiger partial charge in [0, 0.05) is 13.1 Å². The van der Waals surface area contributed by atoms with Gasteiger partial charge in [-0.25, -0.2) is 9.66 Å². The molecule has 1 aliphatic rings. The number of hydrogen-bond acceptors (Lipinski definition) is 3. The van der Waals surface area contributed by atoms with E-state index in [-0.39, 0.29) is 10.9 Å². The molecule has 1 aliphatic heterocycles. The summed E-state index contributed by atoms with van der Waals surface area (Å²) in [4.78, 5) is 17.4. The maximum atomic E-state index is 12.8. The minimum atomic E-state index is -0.297. The molecule has 1 aromatic carbocycles. The first-order valence-corrected chi connectivity index (χ1v) is 7.53. The van der Waals surface area contributed by atoms with E-state index in [1.807, 2.05) is 31.2 Å². The van der Waals surface area contributed by atoms with Gasteiger partial charge in [0.15, 0.2) is 0 Å². The Kier molecular flexibility index (Phi) is 3.66. The van der Waals surface area contributed by atoms with Crippen LogP contribution in [0.5, 0.6) is 0 Å². The van der Waals surface area contributed by atoms with Gasteiger partial charge in [0.1, 0.15) is 5.82 Å². The smallest absolute Gasteiger partial charge is 0.280 e. The summed E-state index contributed by atoms with van der Waals surface area (Å²) in [5.74, 6) is 0.636. The van der Waals surface area contributed by atoms with Crippen molar-refractivity contribution in [1.82, 2.24) is 9.66 Å². The number of alkyl halides is 1. The van der Waals surface area contributed by atoms with Crippen LogP contribution in [0.2, 0.25) is 0 Å². The number of piperidine rings is 1. The standard InChI is InChI=1S/C15H18ClN3O/c1-11(16)14-17-13-8-4-3-7-12(13)15(20)19(14)18-9-5-2-6-10-18/h3-4,7-8,11H,2,5-6,9-10H2,1H3. The van der Waals surface area contributed by atoms with Crippen LogP contribution in [0.4, 0.5) is 0 Å². The molecule has 0 aliphatic carbocycles. The molecular weight excluding hydrogens is 274 g/mol. The highest BCUT2D eigenvalue weighted by atomic mass is 35.5. The minimum Gasteiger partial charge on any atom is -0.308 e. The van der Waals surface area contributed by atoms with Gasteiger partial charge in [-0.1, -0.05) is 12.1 Å². The molecule has 0 radical (unpaired) electrons. The van der Waals surface area contributed by atoms with Crippen molar-refractivity contribution in [2.75, 3.05) is 18.1 Å². The van der Waals surface area contributed by atoms with Crippen LogP contribution in [0.3, 0.4) is 0 Å². The Morgan fingerprint density at radius 1 is 1.20 bits per heavy atom. The summed E-state index contributed by atoms with van der Waals surface area (Å²) in [6, 6.07) is 7.45. The van der Waals surface area contributed by atoms with Gasteiger partial charge in [-0.2, -0.15) is 0 Å². The van der Waals surface area contributed by atoms with Gasteiger partial charge < -0.3 is 5.01 Å². The van der Waals surface area contributed by atoms with Crippen molar-refractivity contribution < 1.29 is 0 Å². The van der Waals surface area contributed by atoms with Crippen LogP contribution in [-0.2, 0) is 0 Å². The molecule has 3 rings (SSSR count). The molecule has 0 saturated carbocycles. The maximum Gasteiger partial charge on any atom is 0.280 e. The molecule has 1 fully saturated rings. The second-order valence-electron chi connectivity index (χ2n) is 5.23. The molecule has 5 heteroatoms. The summed E-state index contributed by atoms with van der Waals surface area (Å²) in [5.41, 5.74) is 0.702. The molecule has 20 heavy (non-hydrogen) atoms. The fraction of sp³-hybridized carbons (Fsp3) is 0.467. The molecule has 0 amide bonds. The van der Waals surface area contributed by atoms with Gasteiger partial charge in [-0.3, -0.25) is 4.79 Å². The predicted molar refractivity (Wildman–Crippen MR) is 82.1 cm³/mol. The zero-order valence-electron chi connectivity index (χ0n) is 11.6. The van der Waals surface area contributed by atoms with E-state index in [1.165, 1.54) is 6.42 Å². The molecular formula is C15H18ClN3O. The molecule has 2 heterocycles. The van der Waals surface area contributed by atoms with Gasteiger partial charge >= 0.3 is 0 Å². The Bertz CT molecular complexity index is 674. The average molecular weight is 292 g/mol. The van der Waals surface area contributed by atoms with Crippen LogP contribution in [-0.4, -0.2) is 22.7 Å². The normalized spacial score (nSPS) is 17.4. The molecule has 1 atom stereocenters. The summed E-state index contributed by atoms with van der Waals surface area (Å²) in [6.45, 7) is 3.63. The molecule has 0 bridgehead atoms. The first-order valence-electron chi connectivity index (χ1n) is 7.09. The van der Waals surface area contributed by atoms with E-state index in [9.17, 15) is 4.79 Å². The lowest BCUT2D eigenvalue weighted by Gasteiger charge is -2.32. The second kappa shape index (κ2) is 5.44. The third kappa shape index (κ3) is 2.29. The fourth-order valence-electron chi connectivity index (χ4n) is 2.75. The number of para-hydroxylation sites is 1. The second-order valence-corrected chi connectivity index (χ2v) is 5.89. The number of benzene rings is 1. The Balaban J connectivity index is 2.24. The van der Waals surface area contributed by atoms with Gasteiger partial charge in [0.25, 0.3) is 5.56 Å². The number of fused-ring (bicyclic) bond motifs is 1. The van der Waals surface area contributed by atoms with Crippen LogP contribution in [0.1, 0.15) is 37.4 Å². The van der Waals surface area contributed by atoms with E-state index in [2.05, 4.69) is 9.99 Å². The third-order valence-electron chi connectivity index (χ3n) is 3.75. The maximum absolute atomic E-state index is 12.8. The summed E-state index contributed by atoms with van der Waals surface area (Å²) in [5, 5.41) is 2.44. The fourth-order valence-corrected chi connectivity index (χ4v) is 2.89. The topological polar surface area (TPSA) is 38.1 Å². The van der Waals surface area contributed by atoms with Crippen molar-refractivity contribution in [3.05, 3.63) is 40.4 Å². The lowest BCUT2D eigenvalue weighted by atomic mass is 10.1. The summed E-state index contributed by atoms with van der Waals surface area (Å²) >= 11 is 6.25. The molecule has 1 aromatic heterocycles. The van der Waals surface area contributed by atoms with E-state index in [1.54, 1.807) is 4.68 Å². The Morgan fingerprint density at radius 2 is 1.90 bits per heavy atom. The van der Waals surface area contributed by atoms with Crippen LogP contribution in [0, 0.1) is 0 Å². The number of nitrogens with zero attached hydrogens (tertiary/aromatic N) is 3. The van der Waals surface area contributed by atoms with Crippen LogP contribution < -0.4 is 10.6 Å². The lowest BCUT2D eigenvalue weighted by molar-refractivity contribution is 0.455. The number of halogens is 1. The predicted octanol–water partition coefficient (Wildman–Crippen LogP) is 2.82. The molecule has 1 saturated heterocycles. The van der Waals surface area contributed by atoms with E-state index in [0.717, 1.165) is 25.9 Å². The molecule has 106 valence electrons. The zero-order chi connectivity index (χ0) is 14.1. The summed E-state index contributed by atoms with van der Waals surface area (Å²) in [7, 11) is 0. The van der Waals surface area contributed by atoms with Crippen molar-refractivity contribution in [3.8, 4) is 0 Å². The first kappa shape index (κ1) is 13.4. The summed E-state index contributed by atoms with van der Waals surface area (Å²) < 4.78 is 1.69. The van der Waals surface area contributed by atoms with E-state index in [4.69, 9.17) is 11.6 Å². The minimum absolute atomic E-state index is 0.0139. The quantitative estimate of drug-likeness (QED) is 0.799. The monoisotopic (exact) mass is 291 g/mol. The molecule has 4 nitrogen and oxygen atoms in total.